The Bertz CT molecular complexity index is 955. The number of hydrazone groups is 1. The van der Waals surface area contributed by atoms with Gasteiger partial charge >= 0.3 is 0 Å². The number of rotatable bonds is 5. The first-order valence-corrected chi connectivity index (χ1v) is 8.66. The largest absolute Gasteiger partial charge is 0.493 e. The zero-order valence-electron chi connectivity index (χ0n) is 14.3. The van der Waals surface area contributed by atoms with E-state index in [0.29, 0.717) is 22.3 Å². The van der Waals surface area contributed by atoms with Gasteiger partial charge in [0.05, 0.1) is 30.8 Å². The van der Waals surface area contributed by atoms with Crippen molar-refractivity contribution in [2.75, 3.05) is 19.6 Å². The molecule has 2 aromatic heterocycles. The lowest BCUT2D eigenvalue weighted by atomic mass is 10.2. The Labute approximate surface area is 154 Å². The molecule has 0 unspecified atom stereocenters. The van der Waals surface area contributed by atoms with Crippen molar-refractivity contribution in [3.63, 3.8) is 0 Å². The third-order valence-electron chi connectivity index (χ3n) is 3.81. The maximum Gasteiger partial charge on any atom is 0.179 e. The summed E-state index contributed by atoms with van der Waals surface area (Å²) < 4.78 is 10.5. The summed E-state index contributed by atoms with van der Waals surface area (Å²) in [5.41, 5.74) is 4.92. The summed E-state index contributed by atoms with van der Waals surface area (Å²) in [6, 6.07) is 3.55. The molecule has 0 aliphatic heterocycles. The first kappa shape index (κ1) is 17.4. The molecule has 1 aromatic carbocycles. The van der Waals surface area contributed by atoms with Crippen LogP contribution in [-0.4, -0.2) is 30.4 Å². The monoisotopic (exact) mass is 376 g/mol. The topological polar surface area (TPSA) is 68.6 Å². The lowest BCUT2D eigenvalue weighted by molar-refractivity contribution is 0.355. The summed E-state index contributed by atoms with van der Waals surface area (Å²) in [6.07, 6.45) is 3.18. The normalized spacial score (nSPS) is 11.2. The number of ether oxygens (including phenoxy) is 2. The van der Waals surface area contributed by atoms with Crippen molar-refractivity contribution in [1.82, 2.24) is 9.97 Å². The number of methoxy groups -OCH3 is 2. The number of thiophene rings is 1. The van der Waals surface area contributed by atoms with Crippen molar-refractivity contribution in [3.05, 3.63) is 39.5 Å². The number of nitrogens with one attached hydrogen (secondary N) is 1. The van der Waals surface area contributed by atoms with Gasteiger partial charge in [-0.25, -0.2) is 9.97 Å². The molecule has 0 bridgehead atoms. The van der Waals surface area contributed by atoms with Gasteiger partial charge in [0, 0.05) is 4.88 Å². The third kappa shape index (κ3) is 3.38. The van der Waals surface area contributed by atoms with Crippen molar-refractivity contribution < 1.29 is 9.47 Å². The van der Waals surface area contributed by atoms with E-state index < -0.39 is 0 Å². The van der Waals surface area contributed by atoms with Crippen molar-refractivity contribution in [1.29, 1.82) is 0 Å². The maximum atomic E-state index is 6.20. The van der Waals surface area contributed by atoms with Crippen LogP contribution >= 0.6 is 22.9 Å². The second-order valence-electron chi connectivity index (χ2n) is 5.29. The van der Waals surface area contributed by atoms with Crippen molar-refractivity contribution in [2.45, 2.75) is 13.8 Å². The van der Waals surface area contributed by atoms with E-state index in [1.54, 1.807) is 43.9 Å². The SMILES string of the molecule is COc1cc(C=NNc2ncnc3sc(C)c(C)c23)cc(Cl)c1OC. The van der Waals surface area contributed by atoms with Crippen LogP contribution in [0.15, 0.2) is 23.6 Å². The molecule has 0 saturated heterocycles. The molecular weight excluding hydrogens is 360 g/mol. The summed E-state index contributed by atoms with van der Waals surface area (Å²) >= 11 is 7.85. The molecule has 3 aromatic rings. The summed E-state index contributed by atoms with van der Waals surface area (Å²) in [7, 11) is 3.11. The van der Waals surface area contributed by atoms with Gasteiger partial charge in [0.15, 0.2) is 17.3 Å². The third-order valence-corrected chi connectivity index (χ3v) is 5.20. The fourth-order valence-corrected chi connectivity index (χ4v) is 3.74. The van der Waals surface area contributed by atoms with Crippen molar-refractivity contribution >= 4 is 45.2 Å². The van der Waals surface area contributed by atoms with Gasteiger partial charge in [0.25, 0.3) is 0 Å². The standard InChI is InChI=1S/C17H17ClN4O2S/c1-9-10(2)25-17-14(9)16(19-8-20-17)22-21-7-11-5-12(18)15(24-4)13(6-11)23-3/h5-8H,1-4H3,(H,19,20,22). The summed E-state index contributed by atoms with van der Waals surface area (Å²) in [5, 5.41) is 5.72. The highest BCUT2D eigenvalue weighted by Gasteiger charge is 2.12. The molecule has 0 radical (unpaired) electrons. The average Bonchev–Trinajstić information content (AvgIpc) is 2.89. The molecule has 130 valence electrons. The number of nitrogens with zero attached hydrogens (tertiary/aromatic N) is 3. The molecule has 0 spiro atoms. The number of hydrogen-bond acceptors (Lipinski definition) is 7. The number of aromatic nitrogens is 2. The molecule has 0 aliphatic rings. The second-order valence-corrected chi connectivity index (χ2v) is 6.90. The van der Waals surface area contributed by atoms with Crippen LogP contribution in [-0.2, 0) is 0 Å². The molecule has 0 aliphatic carbocycles. The molecule has 0 amide bonds. The second kappa shape index (κ2) is 7.25. The number of fused-ring (bicyclic) bond motifs is 1. The highest BCUT2D eigenvalue weighted by atomic mass is 35.5. The first-order chi connectivity index (χ1) is 12.0. The van der Waals surface area contributed by atoms with E-state index in [2.05, 4.69) is 34.3 Å². The van der Waals surface area contributed by atoms with Crippen LogP contribution < -0.4 is 14.9 Å². The van der Waals surface area contributed by atoms with Crippen molar-refractivity contribution in [2.24, 2.45) is 5.10 Å². The van der Waals surface area contributed by atoms with Gasteiger partial charge in [-0.1, -0.05) is 11.6 Å². The Hall–Kier alpha value is -2.38. The van der Waals surface area contributed by atoms with Gasteiger partial charge in [-0.2, -0.15) is 5.10 Å². The highest BCUT2D eigenvalue weighted by molar-refractivity contribution is 7.18. The van der Waals surface area contributed by atoms with Gasteiger partial charge < -0.3 is 9.47 Å². The molecule has 0 fully saturated rings. The quantitative estimate of drug-likeness (QED) is 0.527. The Morgan fingerprint density at radius 1 is 1.20 bits per heavy atom. The van der Waals surface area contributed by atoms with Gasteiger partial charge in [0.2, 0.25) is 0 Å². The van der Waals surface area contributed by atoms with Crippen LogP contribution in [0.5, 0.6) is 11.5 Å². The van der Waals surface area contributed by atoms with Crippen molar-refractivity contribution in [3.8, 4) is 11.5 Å². The number of hydrogen-bond donors (Lipinski definition) is 1. The van der Waals surface area contributed by atoms with Gasteiger partial charge in [-0.15, -0.1) is 11.3 Å². The summed E-state index contributed by atoms with van der Waals surface area (Å²) in [6.45, 7) is 4.13. The van der Waals surface area contributed by atoms with Crippen LogP contribution in [0.25, 0.3) is 10.2 Å². The molecule has 8 heteroatoms. The fraction of sp³-hybridized carbons (Fsp3) is 0.235. The molecule has 2 heterocycles. The molecule has 1 N–H and O–H groups in total. The zero-order chi connectivity index (χ0) is 18.0. The number of halogens is 1. The highest BCUT2D eigenvalue weighted by Crippen LogP contribution is 2.36. The predicted octanol–water partition coefficient (Wildman–Crippen LogP) is 4.42. The minimum absolute atomic E-state index is 0.456. The number of benzene rings is 1. The molecule has 3 rings (SSSR count). The molecular formula is C17H17ClN4O2S. The van der Waals surface area contributed by atoms with Gasteiger partial charge in [-0.3, -0.25) is 5.43 Å². The minimum Gasteiger partial charge on any atom is -0.493 e. The Morgan fingerprint density at radius 2 is 2.00 bits per heavy atom. The summed E-state index contributed by atoms with van der Waals surface area (Å²) in [4.78, 5) is 10.8. The minimum atomic E-state index is 0.456. The van der Waals surface area contributed by atoms with E-state index >= 15 is 0 Å². The zero-order valence-corrected chi connectivity index (χ0v) is 15.8. The number of anilines is 1. The fourth-order valence-electron chi connectivity index (χ4n) is 2.45. The van der Waals surface area contributed by atoms with Gasteiger partial charge in [-0.05, 0) is 37.1 Å². The van der Waals surface area contributed by atoms with E-state index in [1.165, 1.54) is 11.2 Å². The van der Waals surface area contributed by atoms with Gasteiger partial charge in [0.1, 0.15) is 11.2 Å². The van der Waals surface area contributed by atoms with Crippen LogP contribution in [0, 0.1) is 13.8 Å². The Balaban J connectivity index is 1.88. The lowest BCUT2D eigenvalue weighted by Crippen LogP contribution is -1.97. The number of aryl methyl sites for hydroxylation is 2. The Kier molecular flexibility index (Phi) is 5.06. The molecule has 0 saturated carbocycles. The molecule has 0 atom stereocenters. The van der Waals surface area contributed by atoms with E-state index in [-0.39, 0.29) is 0 Å². The van der Waals surface area contributed by atoms with E-state index in [4.69, 9.17) is 21.1 Å². The maximum absolute atomic E-state index is 6.20. The Morgan fingerprint density at radius 3 is 2.72 bits per heavy atom. The van der Waals surface area contributed by atoms with E-state index in [0.717, 1.165) is 21.3 Å². The van der Waals surface area contributed by atoms with Crippen LogP contribution in [0.4, 0.5) is 5.82 Å². The van der Waals surface area contributed by atoms with Crippen LogP contribution in [0.1, 0.15) is 16.0 Å². The smallest absolute Gasteiger partial charge is 0.179 e. The average molecular weight is 377 g/mol. The summed E-state index contributed by atoms with van der Waals surface area (Å²) in [5.74, 6) is 1.72. The first-order valence-electron chi connectivity index (χ1n) is 7.46. The molecule has 6 nitrogen and oxygen atoms in total. The lowest BCUT2D eigenvalue weighted by Gasteiger charge is -2.10. The van der Waals surface area contributed by atoms with E-state index in [9.17, 15) is 0 Å². The molecule has 25 heavy (non-hydrogen) atoms. The van der Waals surface area contributed by atoms with E-state index in [1.807, 2.05) is 0 Å². The van der Waals surface area contributed by atoms with Crippen LogP contribution in [0.2, 0.25) is 5.02 Å². The van der Waals surface area contributed by atoms with Crippen LogP contribution in [0.3, 0.4) is 0 Å². The predicted molar refractivity (Wildman–Crippen MR) is 103 cm³/mol.